The van der Waals surface area contributed by atoms with Gasteiger partial charge in [0.2, 0.25) is 5.13 Å². The minimum Gasteiger partial charge on any atom is -0.352 e. The molecule has 1 amide bonds. The number of hydrogen-bond donors (Lipinski definition) is 1. The molecule has 0 spiro atoms. The van der Waals surface area contributed by atoms with Gasteiger partial charge in [-0.3, -0.25) is 4.79 Å². The van der Waals surface area contributed by atoms with Gasteiger partial charge < -0.3 is 5.32 Å². The zero-order chi connectivity index (χ0) is 17.1. The number of aromatic nitrogens is 3. The van der Waals surface area contributed by atoms with E-state index in [0.29, 0.717) is 18.5 Å². The van der Waals surface area contributed by atoms with E-state index in [2.05, 4.69) is 15.4 Å². The van der Waals surface area contributed by atoms with Gasteiger partial charge >= 0.3 is 0 Å². The van der Waals surface area contributed by atoms with E-state index in [1.165, 1.54) is 0 Å². The van der Waals surface area contributed by atoms with Gasteiger partial charge in [0, 0.05) is 36.3 Å². The highest BCUT2D eigenvalue weighted by Gasteiger charge is 2.08. The first-order chi connectivity index (χ1) is 12.3. The summed E-state index contributed by atoms with van der Waals surface area (Å²) in [6, 6.07) is 15.6. The van der Waals surface area contributed by atoms with Crippen molar-refractivity contribution in [1.29, 1.82) is 0 Å². The molecule has 4 rings (SSSR count). The molecule has 5 nitrogen and oxygen atoms in total. The number of hydrogen-bond acceptors (Lipinski definition) is 4. The lowest BCUT2D eigenvalue weighted by molar-refractivity contribution is 0.0954. The summed E-state index contributed by atoms with van der Waals surface area (Å²) in [7, 11) is 0. The number of carbonyl (C=O) groups is 1. The average molecular weight is 348 g/mol. The quantitative estimate of drug-likeness (QED) is 0.601. The van der Waals surface area contributed by atoms with Crippen LogP contribution in [-0.4, -0.2) is 27.2 Å². The lowest BCUT2D eigenvalue weighted by atomic mass is 10.1. The normalized spacial score (nSPS) is 10.9. The van der Waals surface area contributed by atoms with Crippen LogP contribution in [0.2, 0.25) is 0 Å². The first kappa shape index (κ1) is 15.5. The Bertz CT molecular complexity index is 1010. The summed E-state index contributed by atoms with van der Waals surface area (Å²) in [5.74, 6) is -0.0618. The largest absolute Gasteiger partial charge is 0.352 e. The van der Waals surface area contributed by atoms with Crippen LogP contribution in [-0.2, 0) is 6.42 Å². The number of nitrogens with zero attached hydrogens (tertiary/aromatic N) is 3. The monoisotopic (exact) mass is 348 g/mol. The molecule has 25 heavy (non-hydrogen) atoms. The smallest absolute Gasteiger partial charge is 0.251 e. The van der Waals surface area contributed by atoms with Gasteiger partial charge in [-0.25, -0.2) is 9.67 Å². The molecule has 2 aromatic carbocycles. The van der Waals surface area contributed by atoms with Crippen molar-refractivity contribution >= 4 is 28.0 Å². The molecule has 0 saturated heterocycles. The lowest BCUT2D eigenvalue weighted by Gasteiger charge is -2.05. The van der Waals surface area contributed by atoms with Crippen LogP contribution in [0.4, 0.5) is 0 Å². The van der Waals surface area contributed by atoms with Crippen molar-refractivity contribution in [3.05, 3.63) is 77.6 Å². The summed E-state index contributed by atoms with van der Waals surface area (Å²) in [5.41, 5.74) is 1.63. The minimum absolute atomic E-state index is 0.0618. The van der Waals surface area contributed by atoms with Crippen molar-refractivity contribution in [3.63, 3.8) is 0 Å². The number of nitrogens with one attached hydrogen (secondary N) is 1. The maximum absolute atomic E-state index is 12.3. The Morgan fingerprint density at radius 2 is 2.00 bits per heavy atom. The van der Waals surface area contributed by atoms with Crippen LogP contribution < -0.4 is 5.32 Å². The van der Waals surface area contributed by atoms with Gasteiger partial charge in [0.25, 0.3) is 5.91 Å². The van der Waals surface area contributed by atoms with Gasteiger partial charge in [0.05, 0.1) is 5.69 Å². The van der Waals surface area contributed by atoms with Gasteiger partial charge in [-0.1, -0.05) is 30.3 Å². The Morgan fingerprint density at radius 1 is 1.12 bits per heavy atom. The summed E-state index contributed by atoms with van der Waals surface area (Å²) in [6.07, 6.45) is 4.28. The molecule has 0 aliphatic heterocycles. The predicted molar refractivity (Wildman–Crippen MR) is 99.2 cm³/mol. The maximum atomic E-state index is 12.3. The first-order valence-corrected chi connectivity index (χ1v) is 8.89. The van der Waals surface area contributed by atoms with E-state index >= 15 is 0 Å². The van der Waals surface area contributed by atoms with Crippen LogP contribution in [0.15, 0.2) is 66.3 Å². The summed E-state index contributed by atoms with van der Waals surface area (Å²) >= 11 is 1.54. The molecule has 0 aliphatic rings. The van der Waals surface area contributed by atoms with E-state index in [-0.39, 0.29) is 5.91 Å². The van der Waals surface area contributed by atoms with Gasteiger partial charge in [-0.05, 0) is 29.0 Å². The number of carbonyl (C=O) groups excluding carboxylic acids is 1. The van der Waals surface area contributed by atoms with E-state index in [1.54, 1.807) is 22.2 Å². The number of fused-ring (bicyclic) bond motifs is 1. The molecule has 1 N–H and O–H groups in total. The number of rotatable bonds is 5. The topological polar surface area (TPSA) is 59.8 Å². The first-order valence-electron chi connectivity index (χ1n) is 8.01. The Morgan fingerprint density at radius 3 is 2.84 bits per heavy atom. The molecule has 0 atom stereocenters. The van der Waals surface area contributed by atoms with Crippen molar-refractivity contribution in [2.24, 2.45) is 0 Å². The molecular weight excluding hydrogens is 332 g/mol. The molecule has 0 bridgehead atoms. The van der Waals surface area contributed by atoms with Crippen LogP contribution in [0.3, 0.4) is 0 Å². The third-order valence-electron chi connectivity index (χ3n) is 3.92. The van der Waals surface area contributed by atoms with Crippen molar-refractivity contribution < 1.29 is 4.79 Å². The Kier molecular flexibility index (Phi) is 4.26. The van der Waals surface area contributed by atoms with Gasteiger partial charge in [-0.15, -0.1) is 11.3 Å². The van der Waals surface area contributed by atoms with Gasteiger partial charge in [0.1, 0.15) is 0 Å². The predicted octanol–water partition coefficient (Wildman–Crippen LogP) is 3.45. The van der Waals surface area contributed by atoms with Crippen molar-refractivity contribution in [2.75, 3.05) is 6.54 Å². The zero-order valence-electron chi connectivity index (χ0n) is 13.4. The highest BCUT2D eigenvalue weighted by molar-refractivity contribution is 7.12. The number of thiazole rings is 1. The molecule has 0 unspecified atom stereocenters. The molecule has 0 aliphatic carbocycles. The molecule has 2 aromatic heterocycles. The molecule has 0 fully saturated rings. The number of benzene rings is 2. The third kappa shape index (κ3) is 3.44. The Labute approximate surface area is 149 Å². The highest BCUT2D eigenvalue weighted by Crippen LogP contribution is 2.16. The SMILES string of the molecule is O=C(NCCc1csc(-n2cccn2)n1)c1ccc2ccccc2c1. The van der Waals surface area contributed by atoms with E-state index in [1.807, 2.05) is 60.1 Å². The Hall–Kier alpha value is -2.99. The van der Waals surface area contributed by atoms with Crippen molar-refractivity contribution in [1.82, 2.24) is 20.1 Å². The van der Waals surface area contributed by atoms with Crippen molar-refractivity contribution in [2.45, 2.75) is 6.42 Å². The zero-order valence-corrected chi connectivity index (χ0v) is 14.2. The molecule has 0 saturated carbocycles. The molecule has 4 aromatic rings. The molecule has 6 heteroatoms. The van der Waals surface area contributed by atoms with E-state index < -0.39 is 0 Å². The minimum atomic E-state index is -0.0618. The molecule has 0 radical (unpaired) electrons. The Balaban J connectivity index is 1.37. The van der Waals surface area contributed by atoms with Gasteiger partial charge in [0.15, 0.2) is 0 Å². The second-order valence-corrected chi connectivity index (χ2v) is 6.48. The second-order valence-electron chi connectivity index (χ2n) is 5.64. The van der Waals surface area contributed by atoms with Crippen LogP contribution in [0.5, 0.6) is 0 Å². The summed E-state index contributed by atoms with van der Waals surface area (Å²) in [6.45, 7) is 0.550. The fraction of sp³-hybridized carbons (Fsp3) is 0.105. The standard InChI is InChI=1S/C19H16N4OS/c24-18(16-7-6-14-4-1-2-5-15(14)12-16)20-10-8-17-13-25-19(22-17)23-11-3-9-21-23/h1-7,9,11-13H,8,10H2,(H,20,24). The third-order valence-corrected chi connectivity index (χ3v) is 4.80. The number of amides is 1. The van der Waals surface area contributed by atoms with Crippen molar-refractivity contribution in [3.8, 4) is 5.13 Å². The van der Waals surface area contributed by atoms with E-state index in [4.69, 9.17) is 0 Å². The second kappa shape index (κ2) is 6.86. The van der Waals surface area contributed by atoms with Crippen LogP contribution in [0, 0.1) is 0 Å². The lowest BCUT2D eigenvalue weighted by Crippen LogP contribution is -2.25. The van der Waals surface area contributed by atoms with Gasteiger partial charge in [-0.2, -0.15) is 5.10 Å². The summed E-state index contributed by atoms with van der Waals surface area (Å²) in [5, 5.41) is 12.2. The van der Waals surface area contributed by atoms with Crippen LogP contribution in [0.25, 0.3) is 15.9 Å². The molecule has 2 heterocycles. The van der Waals surface area contributed by atoms with Crippen LogP contribution >= 0.6 is 11.3 Å². The highest BCUT2D eigenvalue weighted by atomic mass is 32.1. The van der Waals surface area contributed by atoms with Crippen LogP contribution in [0.1, 0.15) is 16.1 Å². The fourth-order valence-electron chi connectivity index (χ4n) is 2.64. The molecule has 124 valence electrons. The molecular formula is C19H16N4OS. The fourth-order valence-corrected chi connectivity index (χ4v) is 3.43. The van der Waals surface area contributed by atoms with E-state index in [9.17, 15) is 4.79 Å². The summed E-state index contributed by atoms with van der Waals surface area (Å²) < 4.78 is 1.74. The average Bonchev–Trinajstić information content (AvgIpc) is 3.32. The maximum Gasteiger partial charge on any atom is 0.251 e. The van der Waals surface area contributed by atoms with E-state index in [0.717, 1.165) is 21.6 Å². The summed E-state index contributed by atoms with van der Waals surface area (Å²) in [4.78, 5) is 16.9.